The lowest BCUT2D eigenvalue weighted by Gasteiger charge is -1.98. The average molecular weight is 205 g/mol. The molecule has 6 heteroatoms. The van der Waals surface area contributed by atoms with Crippen LogP contribution in [0.3, 0.4) is 0 Å². The van der Waals surface area contributed by atoms with Gasteiger partial charge in [0.15, 0.2) is 5.71 Å². The van der Waals surface area contributed by atoms with Crippen LogP contribution >= 0.6 is 0 Å². The average Bonchev–Trinajstić information content (AvgIpc) is 2.68. The number of nitrogens with one attached hydrogen (secondary N) is 1. The van der Waals surface area contributed by atoms with Crippen molar-refractivity contribution in [2.75, 3.05) is 0 Å². The first kappa shape index (κ1) is 9.20. The summed E-state index contributed by atoms with van der Waals surface area (Å²) in [5, 5.41) is 15.3. The van der Waals surface area contributed by atoms with Gasteiger partial charge in [-0.25, -0.2) is 4.79 Å². The number of hydrogen-bond acceptors (Lipinski definition) is 5. The van der Waals surface area contributed by atoms with Crippen LogP contribution in [-0.2, 0) is 0 Å². The van der Waals surface area contributed by atoms with E-state index in [9.17, 15) is 4.79 Å². The van der Waals surface area contributed by atoms with Crippen molar-refractivity contribution >= 4 is 5.71 Å². The third-order valence-electron chi connectivity index (χ3n) is 1.81. The van der Waals surface area contributed by atoms with Gasteiger partial charge in [0.05, 0.1) is 0 Å². The Balaban J connectivity index is 2.47. The van der Waals surface area contributed by atoms with E-state index in [1.807, 2.05) is 6.07 Å². The fourth-order valence-electron chi connectivity index (χ4n) is 1.17. The molecule has 2 aromatic rings. The fraction of sp³-hybridized carbons (Fsp3) is 0. The standard InChI is InChI=1S/C9H7N3O3/c13-9-10-8(12-15-9)7(11-14)6-4-2-1-3-5-6/h1-5,14H,(H,10,12,13). The van der Waals surface area contributed by atoms with E-state index in [0.717, 1.165) is 0 Å². The summed E-state index contributed by atoms with van der Waals surface area (Å²) >= 11 is 0. The van der Waals surface area contributed by atoms with E-state index in [2.05, 4.69) is 19.8 Å². The van der Waals surface area contributed by atoms with Gasteiger partial charge in [-0.1, -0.05) is 40.6 Å². The molecule has 0 spiro atoms. The number of aromatic amines is 1. The quantitative estimate of drug-likeness (QED) is 0.426. The highest BCUT2D eigenvalue weighted by molar-refractivity contribution is 6.09. The SMILES string of the molecule is O=c1[nH]c(C(=NO)c2ccccc2)no1. The zero-order chi connectivity index (χ0) is 10.7. The lowest BCUT2D eigenvalue weighted by Crippen LogP contribution is -2.07. The molecule has 1 aromatic heterocycles. The third-order valence-corrected chi connectivity index (χ3v) is 1.81. The van der Waals surface area contributed by atoms with Crippen LogP contribution in [0.15, 0.2) is 44.8 Å². The van der Waals surface area contributed by atoms with E-state index in [-0.39, 0.29) is 11.5 Å². The van der Waals surface area contributed by atoms with Crippen molar-refractivity contribution in [1.82, 2.24) is 10.1 Å². The molecular weight excluding hydrogens is 198 g/mol. The molecular formula is C9H7N3O3. The van der Waals surface area contributed by atoms with Crippen LogP contribution in [0, 0.1) is 0 Å². The highest BCUT2D eigenvalue weighted by Crippen LogP contribution is 2.05. The van der Waals surface area contributed by atoms with Crippen molar-refractivity contribution in [3.05, 3.63) is 52.3 Å². The molecule has 0 atom stereocenters. The molecule has 2 N–H and O–H groups in total. The van der Waals surface area contributed by atoms with Crippen molar-refractivity contribution in [1.29, 1.82) is 0 Å². The van der Waals surface area contributed by atoms with Crippen molar-refractivity contribution in [2.45, 2.75) is 0 Å². The van der Waals surface area contributed by atoms with Crippen LogP contribution in [-0.4, -0.2) is 21.1 Å². The minimum absolute atomic E-state index is 0.0914. The van der Waals surface area contributed by atoms with Crippen LogP contribution in [0.5, 0.6) is 0 Å². The van der Waals surface area contributed by atoms with Gasteiger partial charge in [0.2, 0.25) is 5.82 Å². The molecule has 0 bridgehead atoms. The fourth-order valence-corrected chi connectivity index (χ4v) is 1.17. The Bertz CT molecular complexity index is 527. The first-order chi connectivity index (χ1) is 7.31. The molecule has 15 heavy (non-hydrogen) atoms. The van der Waals surface area contributed by atoms with Crippen molar-refractivity contribution < 1.29 is 9.73 Å². The monoisotopic (exact) mass is 205 g/mol. The Morgan fingerprint density at radius 2 is 2.13 bits per heavy atom. The van der Waals surface area contributed by atoms with Crippen LogP contribution in [0.25, 0.3) is 0 Å². The maximum atomic E-state index is 10.7. The molecule has 0 fully saturated rings. The molecule has 0 aliphatic carbocycles. The Labute approximate surface area is 83.8 Å². The summed E-state index contributed by atoms with van der Waals surface area (Å²) in [6.07, 6.45) is 0. The second-order valence-electron chi connectivity index (χ2n) is 2.76. The van der Waals surface area contributed by atoms with Crippen LogP contribution in [0.1, 0.15) is 11.4 Å². The summed E-state index contributed by atoms with van der Waals surface area (Å²) in [6.45, 7) is 0. The zero-order valence-electron chi connectivity index (χ0n) is 7.54. The zero-order valence-corrected chi connectivity index (χ0v) is 7.54. The Morgan fingerprint density at radius 3 is 2.67 bits per heavy atom. The topological polar surface area (TPSA) is 91.5 Å². The van der Waals surface area contributed by atoms with E-state index in [1.54, 1.807) is 24.3 Å². The van der Waals surface area contributed by atoms with Gasteiger partial charge in [-0.2, -0.15) is 0 Å². The molecule has 0 saturated carbocycles. The molecule has 6 nitrogen and oxygen atoms in total. The van der Waals surface area contributed by atoms with Crippen molar-refractivity contribution in [3.63, 3.8) is 0 Å². The number of nitrogens with zero attached hydrogens (tertiary/aromatic N) is 2. The largest absolute Gasteiger partial charge is 0.439 e. The predicted octanol–water partition coefficient (Wildman–Crippen LogP) is 0.590. The molecule has 0 unspecified atom stereocenters. The summed E-state index contributed by atoms with van der Waals surface area (Å²) < 4.78 is 4.32. The van der Waals surface area contributed by atoms with E-state index >= 15 is 0 Å². The summed E-state index contributed by atoms with van der Waals surface area (Å²) in [5.41, 5.74) is 0.783. The second-order valence-corrected chi connectivity index (χ2v) is 2.76. The maximum absolute atomic E-state index is 10.7. The Kier molecular flexibility index (Phi) is 2.32. The lowest BCUT2D eigenvalue weighted by atomic mass is 10.1. The number of rotatable bonds is 2. The van der Waals surface area contributed by atoms with E-state index < -0.39 is 5.76 Å². The van der Waals surface area contributed by atoms with E-state index in [0.29, 0.717) is 5.56 Å². The number of oxime groups is 1. The summed E-state index contributed by atoms with van der Waals surface area (Å²) in [7, 11) is 0. The van der Waals surface area contributed by atoms with Gasteiger partial charge in [0, 0.05) is 5.56 Å². The summed E-state index contributed by atoms with van der Waals surface area (Å²) in [4.78, 5) is 13.0. The number of aromatic nitrogens is 2. The summed E-state index contributed by atoms with van der Waals surface area (Å²) in [6, 6.07) is 8.82. The van der Waals surface area contributed by atoms with Crippen LogP contribution < -0.4 is 5.76 Å². The predicted molar refractivity (Wildman–Crippen MR) is 51.0 cm³/mol. The van der Waals surface area contributed by atoms with Gasteiger partial charge in [-0.05, 0) is 0 Å². The second kappa shape index (κ2) is 3.79. The first-order valence-corrected chi connectivity index (χ1v) is 4.15. The normalized spacial score (nSPS) is 11.6. The molecule has 1 aromatic carbocycles. The van der Waals surface area contributed by atoms with E-state index in [4.69, 9.17) is 5.21 Å². The Hall–Kier alpha value is -2.37. The van der Waals surface area contributed by atoms with Gasteiger partial charge in [0.25, 0.3) is 0 Å². The van der Waals surface area contributed by atoms with Crippen molar-refractivity contribution in [3.8, 4) is 0 Å². The van der Waals surface area contributed by atoms with Gasteiger partial charge in [-0.15, -0.1) is 0 Å². The molecule has 0 radical (unpaired) electrons. The molecule has 2 rings (SSSR count). The lowest BCUT2D eigenvalue weighted by molar-refractivity contribution is 0.318. The minimum Gasteiger partial charge on any atom is -0.410 e. The molecule has 0 amide bonds. The number of H-pyrrole nitrogens is 1. The van der Waals surface area contributed by atoms with Crippen LogP contribution in [0.2, 0.25) is 0 Å². The van der Waals surface area contributed by atoms with Gasteiger partial charge in [-0.3, -0.25) is 9.51 Å². The number of benzene rings is 1. The van der Waals surface area contributed by atoms with Crippen LogP contribution in [0.4, 0.5) is 0 Å². The number of hydrogen-bond donors (Lipinski definition) is 2. The molecule has 0 aliphatic heterocycles. The van der Waals surface area contributed by atoms with Gasteiger partial charge < -0.3 is 5.21 Å². The first-order valence-electron chi connectivity index (χ1n) is 4.15. The maximum Gasteiger partial charge on any atom is 0.439 e. The highest BCUT2D eigenvalue weighted by atomic mass is 16.5. The third kappa shape index (κ3) is 1.78. The molecule has 1 heterocycles. The molecule has 0 aliphatic rings. The highest BCUT2D eigenvalue weighted by Gasteiger charge is 2.12. The smallest absolute Gasteiger partial charge is 0.410 e. The van der Waals surface area contributed by atoms with Crippen molar-refractivity contribution in [2.24, 2.45) is 5.16 Å². The molecule has 76 valence electrons. The molecule has 0 saturated heterocycles. The van der Waals surface area contributed by atoms with Gasteiger partial charge in [0.1, 0.15) is 0 Å². The minimum atomic E-state index is -0.693. The summed E-state index contributed by atoms with van der Waals surface area (Å²) in [5.74, 6) is -0.601. The van der Waals surface area contributed by atoms with E-state index in [1.165, 1.54) is 0 Å². The van der Waals surface area contributed by atoms with Gasteiger partial charge >= 0.3 is 5.76 Å². The Morgan fingerprint density at radius 1 is 1.40 bits per heavy atom.